The SMILES string of the molecule is CC[C@H]1CCN2CC[C@H](CSC[C@H]3CCN4CC[C@H](CO[Si](c5ccccc5)(c5ccccc5)C(C)(C)C)N=C4N3)NC2=N1.CO[C@H]1/C=C\C=C(/C)C(=O)NC2=CC(=O)C(NCCCNC(=O)CCCN3C(=O)C=CC3=O)=C(C[C@@H](C)C[C@H](OC)[C@H](O)[C@@H](C)/C=C(\C)[C@@H]1OC(N)=O)C2=O. The van der Waals surface area contributed by atoms with Gasteiger partial charge in [-0.3, -0.25) is 33.7 Å². The third-order valence-electron chi connectivity index (χ3n) is 19.3. The summed E-state index contributed by atoms with van der Waals surface area (Å²) in [7, 11) is 0.309. The molecule has 23 nitrogen and oxygen atoms in total. The maximum atomic E-state index is 13.9. The molecule has 6 aliphatic heterocycles. The van der Waals surface area contributed by atoms with Crippen LogP contribution in [0.4, 0.5) is 4.79 Å². The fraction of sp³-hybridized carbons (Fsp3) is 0.554. The third kappa shape index (κ3) is 20.7. The normalized spacial score (nSPS) is 27.0. The molecule has 2 saturated heterocycles. The molecule has 2 bridgehead atoms. The van der Waals surface area contributed by atoms with Gasteiger partial charge in [-0.15, -0.1) is 0 Å². The van der Waals surface area contributed by atoms with Crippen LogP contribution in [0.5, 0.6) is 0 Å². The summed E-state index contributed by atoms with van der Waals surface area (Å²) in [5, 5.41) is 30.0. The number of guanidine groups is 2. The lowest BCUT2D eigenvalue weighted by molar-refractivity contribution is -0.137. The van der Waals surface area contributed by atoms with Gasteiger partial charge in [-0.1, -0.05) is 127 Å². The Bertz CT molecular complexity index is 3370. The van der Waals surface area contributed by atoms with E-state index in [4.69, 9.17) is 34.4 Å². The first-order valence-corrected chi connectivity index (χ1v) is 38.1. The number of methoxy groups -OCH3 is 2. The van der Waals surface area contributed by atoms with Crippen molar-refractivity contribution in [2.24, 2.45) is 27.6 Å². The second kappa shape index (κ2) is 36.6. The van der Waals surface area contributed by atoms with Crippen LogP contribution in [0.25, 0.3) is 0 Å². The number of hydrogen-bond donors (Lipinski definition) is 7. The van der Waals surface area contributed by atoms with Crippen LogP contribution in [0.1, 0.15) is 120 Å². The number of aliphatic imine (C=N–C) groups is 2. The maximum absolute atomic E-state index is 13.9. The van der Waals surface area contributed by atoms with Gasteiger partial charge >= 0.3 is 6.09 Å². The number of aliphatic hydroxyl groups is 1. The molecule has 0 spiro atoms. The number of carbonyl (C=O) groups excluding carboxylic acids is 7. The van der Waals surface area contributed by atoms with E-state index in [9.17, 15) is 38.7 Å². The second-order valence-electron chi connectivity index (χ2n) is 27.8. The molecule has 99 heavy (non-hydrogen) atoms. The number of benzene rings is 2. The topological polar surface area (TPSA) is 297 Å². The number of primary amides is 1. The minimum absolute atomic E-state index is 0.0261. The van der Waals surface area contributed by atoms with Gasteiger partial charge in [0.1, 0.15) is 6.10 Å². The number of nitrogens with two attached hydrogens (primary N) is 1. The van der Waals surface area contributed by atoms with Crippen LogP contribution in [0.2, 0.25) is 5.04 Å². The van der Waals surface area contributed by atoms with Crippen molar-refractivity contribution in [1.82, 2.24) is 41.3 Å². The van der Waals surface area contributed by atoms with Crippen molar-refractivity contribution in [3.63, 3.8) is 0 Å². The van der Waals surface area contributed by atoms with Crippen LogP contribution < -0.4 is 42.7 Å². The Kier molecular flexibility index (Phi) is 28.5. The van der Waals surface area contributed by atoms with Crippen molar-refractivity contribution in [2.75, 3.05) is 78.1 Å². The molecular weight excluding hydrogens is 1300 g/mol. The van der Waals surface area contributed by atoms with Gasteiger partial charge in [0.25, 0.3) is 26.0 Å². The van der Waals surface area contributed by atoms with Gasteiger partial charge in [-0.05, 0) is 98.5 Å². The summed E-state index contributed by atoms with van der Waals surface area (Å²) in [6, 6.07) is 23.5. The first-order chi connectivity index (χ1) is 47.4. The predicted molar refractivity (Wildman–Crippen MR) is 389 cm³/mol. The van der Waals surface area contributed by atoms with E-state index in [1.54, 1.807) is 26.0 Å². The Morgan fingerprint density at radius 1 is 0.808 bits per heavy atom. The van der Waals surface area contributed by atoms with E-state index in [2.05, 4.69) is 137 Å². The summed E-state index contributed by atoms with van der Waals surface area (Å²) >= 11 is 2.07. The lowest BCUT2D eigenvalue weighted by Crippen LogP contribution is -2.67. The molecule has 2 aromatic rings. The zero-order valence-corrected chi connectivity index (χ0v) is 61.2. The van der Waals surface area contributed by atoms with Crippen molar-refractivity contribution in [2.45, 2.75) is 173 Å². The number of nitrogens with zero attached hydrogens (tertiary/aromatic N) is 5. The Hall–Kier alpha value is -7.68. The van der Waals surface area contributed by atoms with Crippen molar-refractivity contribution in [1.29, 1.82) is 0 Å². The number of rotatable bonds is 22. The van der Waals surface area contributed by atoms with E-state index < -0.39 is 74.0 Å². The number of carbonyl (C=O) groups is 7. The fourth-order valence-electron chi connectivity index (χ4n) is 13.7. The molecule has 0 saturated carbocycles. The van der Waals surface area contributed by atoms with E-state index in [0.717, 1.165) is 73.4 Å². The molecule has 10 atom stereocenters. The van der Waals surface area contributed by atoms with Gasteiger partial charge in [-0.2, -0.15) is 11.8 Å². The summed E-state index contributed by atoms with van der Waals surface area (Å²) in [5.41, 5.74) is 6.15. The van der Waals surface area contributed by atoms with Crippen molar-refractivity contribution < 1.29 is 57.3 Å². The largest absolute Gasteiger partial charge is 0.439 e. The monoisotopic (exact) mass is 1400 g/mol. The summed E-state index contributed by atoms with van der Waals surface area (Å²) in [6.45, 7) is 21.9. The number of aliphatic hydroxyl groups excluding tert-OH is 1. The standard InChI is InChI=1S/C39H53N5O11.C35H52N6OSSi/c1-22-18-26-34(42-16-9-15-41-31(46)12-8-17-44-32(47)13-14-33(44)48)28(45)21-27(36(26)50)43-38(51)23(2)10-7-11-29(53-5)37(55-39(40)52)25(4)20-24(3)35(49)30(19-22)54-6;1-5-27-16-20-40-22-18-29(38-33(40)36-27)25-43-26-30-19-23-41-21-17-28(37-34(41)39-30)24-42-44(35(2,3)4,31-12-8-6-9-13-31)32-14-10-7-11-15-32/h7,10-11,13-14,20-22,24,29-30,35,37,42,49H,8-9,12,15-19H2,1-6H3,(H2,40,52)(H,41,46)(H,43,51);6-15,27-30H,5,16-26H2,1-4H3,(H,36,38)(H,37,39)/b11-7-,23-10+,25-20+;/t22-,24+,29+,30+,35-,37+;27-,28+,29+,30+/m10/s1. The highest BCUT2D eigenvalue weighted by Gasteiger charge is 2.51. The number of thioether (sulfide) groups is 1. The molecule has 8 N–H and O–H groups in total. The van der Waals surface area contributed by atoms with Gasteiger partial charge in [0.2, 0.25) is 17.5 Å². The number of hydrogen-bond acceptors (Lipinski definition) is 20. The van der Waals surface area contributed by atoms with E-state index in [0.29, 0.717) is 43.1 Å². The summed E-state index contributed by atoms with van der Waals surface area (Å²) in [5.74, 6) is 0.914. The number of ketones is 2. The smallest absolute Gasteiger partial charge is 0.405 e. The number of nitrogens with one attached hydrogen (secondary N) is 5. The Balaban J connectivity index is 0.000000258. The zero-order valence-electron chi connectivity index (χ0n) is 59.4. The Morgan fingerprint density at radius 3 is 1.98 bits per heavy atom. The van der Waals surface area contributed by atoms with Crippen molar-refractivity contribution >= 4 is 83.7 Å². The lowest BCUT2D eigenvalue weighted by Gasteiger charge is -2.44. The highest BCUT2D eigenvalue weighted by molar-refractivity contribution is 7.99. The molecule has 2 aromatic carbocycles. The first kappa shape index (κ1) is 77.1. The average molecular weight is 1400 g/mol. The number of allylic oxidation sites excluding steroid dienone is 4. The molecule has 7 aliphatic rings. The molecular formula is C74H105N11O12SSi. The highest BCUT2D eigenvalue weighted by Crippen LogP contribution is 2.38. The third-order valence-corrected chi connectivity index (χ3v) is 25.6. The molecule has 1 aliphatic carbocycles. The van der Waals surface area contributed by atoms with Crippen LogP contribution >= 0.6 is 11.8 Å². The molecule has 2 fully saturated rings. The average Bonchev–Trinajstić information content (AvgIpc) is 0.920. The molecule has 0 aromatic heterocycles. The van der Waals surface area contributed by atoms with Gasteiger partial charge in [0, 0.05) is 125 Å². The molecule has 0 unspecified atom stereocenters. The lowest BCUT2D eigenvalue weighted by atomic mass is 9.85. The van der Waals surface area contributed by atoms with Gasteiger partial charge in [0.05, 0.1) is 42.3 Å². The van der Waals surface area contributed by atoms with Crippen LogP contribution in [0.15, 0.2) is 141 Å². The van der Waals surface area contributed by atoms with Gasteiger partial charge in [-0.25, -0.2) is 14.8 Å². The van der Waals surface area contributed by atoms with Crippen LogP contribution in [-0.2, 0) is 47.4 Å². The number of fused-ring (bicyclic) bond motifs is 4. The van der Waals surface area contributed by atoms with Gasteiger partial charge < -0.3 is 65.9 Å². The number of amides is 5. The molecule has 6 heterocycles. The predicted octanol–water partition coefficient (Wildman–Crippen LogP) is 5.85. The summed E-state index contributed by atoms with van der Waals surface area (Å²) in [6.07, 6.45) is 12.2. The first-order valence-electron chi connectivity index (χ1n) is 35.1. The van der Waals surface area contributed by atoms with Gasteiger partial charge in [0.15, 0.2) is 18.0 Å². The van der Waals surface area contributed by atoms with Crippen LogP contribution in [0, 0.1) is 11.8 Å². The second-order valence-corrected chi connectivity index (χ2v) is 33.2. The minimum atomic E-state index is -2.57. The number of imide groups is 1. The summed E-state index contributed by atoms with van der Waals surface area (Å²) in [4.78, 5) is 104. The molecule has 9 rings (SSSR count). The minimum Gasteiger partial charge on any atom is -0.439 e. The molecule has 538 valence electrons. The van der Waals surface area contributed by atoms with E-state index >= 15 is 0 Å². The Labute approximate surface area is 589 Å². The molecule has 0 radical (unpaired) electrons. The van der Waals surface area contributed by atoms with Crippen molar-refractivity contribution in [3.05, 3.63) is 131 Å². The van der Waals surface area contributed by atoms with E-state index in [-0.39, 0.29) is 84.3 Å². The van der Waals surface area contributed by atoms with Crippen LogP contribution in [0.3, 0.4) is 0 Å². The molecule has 25 heteroatoms. The highest BCUT2D eigenvalue weighted by atomic mass is 32.2. The van der Waals surface area contributed by atoms with Crippen LogP contribution in [-0.4, -0.2) is 208 Å². The molecule has 5 amide bonds. The Morgan fingerprint density at radius 2 is 1.40 bits per heavy atom. The maximum Gasteiger partial charge on any atom is 0.405 e. The quantitative estimate of drug-likeness (QED) is 0.0239. The van der Waals surface area contributed by atoms with Crippen molar-refractivity contribution in [3.8, 4) is 0 Å². The fourth-order valence-corrected chi connectivity index (χ4v) is 19.5. The number of Topliss-reactive ketones (excluding diaryl/α,β-unsaturated/α-hetero) is 1. The zero-order chi connectivity index (χ0) is 71.4. The van der Waals surface area contributed by atoms with E-state index in [1.807, 2.05) is 6.92 Å². The number of ether oxygens (including phenoxy) is 3. The summed E-state index contributed by atoms with van der Waals surface area (Å²) < 4.78 is 23.9. The van der Waals surface area contributed by atoms with E-state index in [1.165, 1.54) is 75.1 Å².